The minimum atomic E-state index is -3.74. The number of aliphatic hydroxyl groups is 9. The van der Waals surface area contributed by atoms with Crippen LogP contribution in [0.4, 0.5) is 23.1 Å². The Bertz CT molecular complexity index is 1740. The molecule has 1 aliphatic rings. The molecule has 0 amide bonds. The number of hydrogen-bond acceptors (Lipinski definition) is 17. The van der Waals surface area contributed by atoms with Crippen molar-refractivity contribution < 1.29 is 59.1 Å². The summed E-state index contributed by atoms with van der Waals surface area (Å²) < 4.78 is 31.5. The Balaban J connectivity index is 1.84. The Kier molecular flexibility index (Phi) is 9.60. The third-order valence-corrected chi connectivity index (χ3v) is 9.37. The van der Waals surface area contributed by atoms with Crippen molar-refractivity contribution in [2.75, 3.05) is 10.6 Å². The van der Waals surface area contributed by atoms with E-state index in [9.17, 15) is 54.4 Å². The molecule has 19 heteroatoms. The van der Waals surface area contributed by atoms with Crippen molar-refractivity contribution in [2.24, 2.45) is 0 Å². The van der Waals surface area contributed by atoms with Crippen LogP contribution >= 0.6 is 11.6 Å². The second kappa shape index (κ2) is 12.3. The average Bonchev–Trinajstić information content (AvgIpc) is 2.88. The van der Waals surface area contributed by atoms with E-state index >= 15 is 0 Å². The predicted octanol–water partition coefficient (Wildman–Crippen LogP) is -0.159. The number of anilines is 4. The predicted molar refractivity (Wildman–Crippen MR) is 165 cm³/mol. The lowest BCUT2D eigenvalue weighted by atomic mass is 9.78. The van der Waals surface area contributed by atoms with Gasteiger partial charge >= 0.3 is 5.97 Å². The number of sulfone groups is 1. The summed E-state index contributed by atoms with van der Waals surface area (Å²) in [6, 6.07) is 7.76. The van der Waals surface area contributed by atoms with E-state index in [0.29, 0.717) is 0 Å². The van der Waals surface area contributed by atoms with E-state index in [-0.39, 0.29) is 38.8 Å². The largest absolute Gasteiger partial charge is 0.461 e. The fourth-order valence-electron chi connectivity index (χ4n) is 5.01. The van der Waals surface area contributed by atoms with Crippen LogP contribution < -0.4 is 20.7 Å². The summed E-state index contributed by atoms with van der Waals surface area (Å²) in [5.41, 5.74) is -4.35. The molecular weight excluding hydrogens is 666 g/mol. The van der Waals surface area contributed by atoms with Crippen LogP contribution in [0.25, 0.3) is 0 Å². The van der Waals surface area contributed by atoms with Crippen molar-refractivity contribution in [3.8, 4) is 5.75 Å². The highest BCUT2D eigenvalue weighted by Crippen LogP contribution is 2.46. The zero-order valence-electron chi connectivity index (χ0n) is 25.5. The maximum absolute atomic E-state index is 12.9. The first-order chi connectivity index (χ1) is 21.3. The van der Waals surface area contributed by atoms with Gasteiger partial charge in [-0.05, 0) is 43.7 Å². The van der Waals surface area contributed by atoms with Crippen LogP contribution in [0.15, 0.2) is 47.5 Å². The number of para-hydroxylation sites is 1. The van der Waals surface area contributed by atoms with Crippen molar-refractivity contribution in [3.63, 3.8) is 0 Å². The first-order valence-electron chi connectivity index (χ1n) is 13.9. The molecule has 0 radical (unpaired) electrons. The van der Waals surface area contributed by atoms with E-state index in [1.165, 1.54) is 39.8 Å². The monoisotopic (exact) mass is 701 g/mol. The molecule has 3 aromatic rings. The van der Waals surface area contributed by atoms with Crippen LogP contribution in [0.5, 0.6) is 5.75 Å². The van der Waals surface area contributed by atoms with Gasteiger partial charge < -0.3 is 61.3 Å². The van der Waals surface area contributed by atoms with Crippen LogP contribution in [0.2, 0.25) is 5.02 Å². The molecule has 0 unspecified atom stereocenters. The van der Waals surface area contributed by atoms with Gasteiger partial charge in [0.05, 0.1) is 27.7 Å². The normalized spacial score (nSPS) is 17.8. The van der Waals surface area contributed by atoms with Gasteiger partial charge in [0.1, 0.15) is 16.4 Å². The van der Waals surface area contributed by atoms with Gasteiger partial charge in [-0.25, -0.2) is 18.7 Å². The van der Waals surface area contributed by atoms with Crippen molar-refractivity contribution in [1.29, 1.82) is 0 Å². The van der Waals surface area contributed by atoms with Gasteiger partial charge in [0.15, 0.2) is 15.7 Å². The highest BCUT2D eigenvalue weighted by molar-refractivity contribution is 7.92. The van der Waals surface area contributed by atoms with Gasteiger partial charge in [0.2, 0.25) is 23.6 Å². The fraction of sp³-hybridized carbons (Fsp3) is 0.429. The second-order valence-electron chi connectivity index (χ2n) is 12.0. The molecular formula is C28H36ClN5O12S. The topological polar surface area (TPSA) is 287 Å². The fourth-order valence-corrected chi connectivity index (χ4v) is 6.35. The summed E-state index contributed by atoms with van der Waals surface area (Å²) in [4.78, 5) is 8.31. The standard InChI is InChI=1S/C28H36ClN5O12S/c1-14(2)47(44,45)21-8-6-5-7-18(21)31-22-17(29)11-30-23(33-22)32-19-9-16(28(41,42)43)15(10-20(19)46-24(3,4)35)25(36)12-26(37,38)34-27(39,40)13-25/h5-11,14,34-43H,12-13H2,1-4H3,(H2,30,31,32,33). The van der Waals surface area contributed by atoms with E-state index in [1.54, 1.807) is 17.4 Å². The van der Waals surface area contributed by atoms with Gasteiger partial charge in [0, 0.05) is 32.3 Å². The van der Waals surface area contributed by atoms with Crippen molar-refractivity contribution in [2.45, 2.75) is 79.9 Å². The zero-order valence-corrected chi connectivity index (χ0v) is 27.0. The van der Waals surface area contributed by atoms with E-state index in [2.05, 4.69) is 20.6 Å². The van der Waals surface area contributed by atoms with Gasteiger partial charge in [-0.3, -0.25) is 0 Å². The van der Waals surface area contributed by atoms with Crippen molar-refractivity contribution >= 4 is 44.6 Å². The van der Waals surface area contributed by atoms with E-state index in [0.717, 1.165) is 18.3 Å². The number of aromatic nitrogens is 2. The third-order valence-electron chi connectivity index (χ3n) is 6.88. The van der Waals surface area contributed by atoms with Crippen LogP contribution in [-0.2, 0) is 21.4 Å². The van der Waals surface area contributed by atoms with Gasteiger partial charge in [-0.2, -0.15) is 4.98 Å². The van der Waals surface area contributed by atoms with Crippen LogP contribution in [-0.4, -0.2) is 87.2 Å². The number of nitrogens with zero attached hydrogens (tertiary/aromatic N) is 2. The molecule has 1 aromatic heterocycles. The van der Waals surface area contributed by atoms with Crippen LogP contribution in [0, 0.1) is 0 Å². The molecule has 47 heavy (non-hydrogen) atoms. The molecule has 0 spiro atoms. The summed E-state index contributed by atoms with van der Waals surface area (Å²) in [7, 11) is -3.74. The first-order valence-corrected chi connectivity index (χ1v) is 15.8. The van der Waals surface area contributed by atoms with E-state index < -0.39 is 68.2 Å². The molecule has 2 aromatic carbocycles. The maximum atomic E-state index is 12.9. The van der Waals surface area contributed by atoms with E-state index in [1.807, 2.05) is 0 Å². The second-order valence-corrected chi connectivity index (χ2v) is 14.8. The summed E-state index contributed by atoms with van der Waals surface area (Å²) in [6.45, 7) is 5.49. The molecule has 2 heterocycles. The first kappa shape index (κ1) is 36.6. The molecule has 0 atom stereocenters. The Morgan fingerprint density at radius 1 is 0.957 bits per heavy atom. The van der Waals surface area contributed by atoms with Gasteiger partial charge in [-0.1, -0.05) is 23.7 Å². The quantitative estimate of drug-likeness (QED) is 0.122. The maximum Gasteiger partial charge on any atom is 0.304 e. The molecule has 258 valence electrons. The lowest BCUT2D eigenvalue weighted by Gasteiger charge is -2.46. The molecule has 17 nitrogen and oxygen atoms in total. The average molecular weight is 702 g/mol. The number of piperidine rings is 1. The Morgan fingerprint density at radius 3 is 2.11 bits per heavy atom. The minimum absolute atomic E-state index is 0.0224. The molecule has 0 saturated carbocycles. The molecule has 1 aliphatic heterocycles. The number of rotatable bonds is 10. The van der Waals surface area contributed by atoms with Crippen LogP contribution in [0.3, 0.4) is 0 Å². The number of ether oxygens (including phenoxy) is 1. The summed E-state index contributed by atoms with van der Waals surface area (Å²) in [5, 5.41) is 99.9. The highest BCUT2D eigenvalue weighted by atomic mass is 35.5. The SMILES string of the molecule is CC(C)S(=O)(=O)c1ccccc1Nc1nc(Nc2cc(C(O)(O)O)c(C3(O)CC(O)(O)NC(O)(O)C3)cc2OC(C)(C)O)ncc1Cl. The van der Waals surface area contributed by atoms with E-state index in [4.69, 9.17) is 16.3 Å². The molecule has 1 fully saturated rings. The molecule has 12 N–H and O–H groups in total. The molecule has 0 bridgehead atoms. The van der Waals surface area contributed by atoms with Gasteiger partial charge in [0.25, 0.3) is 0 Å². The minimum Gasteiger partial charge on any atom is -0.461 e. The highest BCUT2D eigenvalue weighted by Gasteiger charge is 2.54. The summed E-state index contributed by atoms with van der Waals surface area (Å²) >= 11 is 6.31. The summed E-state index contributed by atoms with van der Waals surface area (Å²) in [6.07, 6.45) is -1.01. The smallest absolute Gasteiger partial charge is 0.304 e. The van der Waals surface area contributed by atoms with Crippen molar-refractivity contribution in [1.82, 2.24) is 15.3 Å². The molecule has 0 aliphatic carbocycles. The molecule has 4 rings (SSSR count). The number of nitrogens with one attached hydrogen (secondary N) is 3. The molecule has 1 saturated heterocycles. The Morgan fingerprint density at radius 2 is 1.55 bits per heavy atom. The number of hydrogen-bond donors (Lipinski definition) is 12. The summed E-state index contributed by atoms with van der Waals surface area (Å²) in [5.74, 6) is -12.5. The number of halogens is 1. The third kappa shape index (κ3) is 8.44. The van der Waals surface area contributed by atoms with Crippen LogP contribution in [0.1, 0.15) is 51.7 Å². The Hall–Kier alpha value is -3.24. The Labute approximate surface area is 273 Å². The lowest BCUT2D eigenvalue weighted by molar-refractivity contribution is -0.349. The lowest BCUT2D eigenvalue weighted by Crippen LogP contribution is -2.67. The number of benzene rings is 2. The zero-order chi connectivity index (χ0) is 35.4. The van der Waals surface area contributed by atoms with Crippen molar-refractivity contribution in [3.05, 3.63) is 58.7 Å². The van der Waals surface area contributed by atoms with Gasteiger partial charge in [-0.15, -0.1) is 0 Å².